The van der Waals surface area contributed by atoms with E-state index in [-0.39, 0.29) is 11.7 Å². The Hall–Kier alpha value is -3.74. The minimum atomic E-state index is -0.574. The minimum absolute atomic E-state index is 0.000744. The van der Waals surface area contributed by atoms with Gasteiger partial charge in [0.25, 0.3) is 17.6 Å². The van der Waals surface area contributed by atoms with Crippen molar-refractivity contribution in [1.29, 1.82) is 0 Å². The molecule has 5 aromatic rings. The number of halogens is 3. The molecule has 51 heavy (non-hydrogen) atoms. The monoisotopic (exact) mass is 921 g/mol. The van der Waals surface area contributed by atoms with Crippen LogP contribution in [0.15, 0.2) is 93.9 Å². The van der Waals surface area contributed by atoms with Gasteiger partial charge in [0.2, 0.25) is 0 Å². The number of unbranched alkanes of at least 4 members (excludes halogenated alkanes) is 7. The molecule has 3 N–H and O–H groups in total. The summed E-state index contributed by atoms with van der Waals surface area (Å²) in [5, 5.41) is 13.7. The number of hydrogen-bond acceptors (Lipinski definition) is 4. The van der Waals surface area contributed by atoms with Gasteiger partial charge in [0.1, 0.15) is 5.75 Å². The number of rotatable bonds is 15. The molecule has 0 aliphatic carbocycles. The molecule has 0 atom stereocenters. The van der Waals surface area contributed by atoms with Crippen molar-refractivity contribution in [3.05, 3.63) is 114 Å². The maximum atomic E-state index is 13.6. The van der Waals surface area contributed by atoms with Crippen molar-refractivity contribution in [3.8, 4) is 17.0 Å². The number of carbonyl (C=O) groups is 3. The third-order valence-corrected chi connectivity index (χ3v) is 11.0. The van der Waals surface area contributed by atoms with Gasteiger partial charge in [-0.1, -0.05) is 87.1 Å². The smallest absolute Gasteiger partial charge is 0.292 e. The summed E-state index contributed by atoms with van der Waals surface area (Å²) in [6.07, 6.45) is 10.0. The number of para-hydroxylation sites is 1. The first-order valence-electron chi connectivity index (χ1n) is 17.2. The number of ketones is 1. The summed E-state index contributed by atoms with van der Waals surface area (Å²) >= 11 is 9.05. The number of aromatic hydroxyl groups is 1. The molecule has 7 nitrogen and oxygen atoms in total. The lowest BCUT2D eigenvalue weighted by molar-refractivity contribution is -0.117. The van der Waals surface area contributed by atoms with Crippen LogP contribution in [0.1, 0.15) is 72.9 Å². The number of nitrogens with zero attached hydrogens (tertiary/aromatic N) is 1. The first-order valence-corrected chi connectivity index (χ1v) is 19.9. The second-order valence-corrected chi connectivity index (χ2v) is 15.7. The molecule has 0 radical (unpaired) electrons. The number of phenols is 1. The molecule has 2 heterocycles. The van der Waals surface area contributed by atoms with Gasteiger partial charge in [-0.25, -0.2) is 0 Å². The van der Waals surface area contributed by atoms with Gasteiger partial charge < -0.3 is 20.3 Å². The fourth-order valence-corrected chi connectivity index (χ4v) is 8.29. The average molecular weight is 923 g/mol. The summed E-state index contributed by atoms with van der Waals surface area (Å²) < 4.78 is 2.19. The lowest BCUT2D eigenvalue weighted by atomic mass is 10.0. The summed E-state index contributed by atoms with van der Waals surface area (Å²) in [6.45, 7) is 1.13. The number of carbonyl (C=O) groups excluding carboxylic acids is 3. The highest BCUT2D eigenvalue weighted by atomic mass is 127. The largest absolute Gasteiger partial charge is 0.506 e. The Morgan fingerprint density at radius 3 is 2.20 bits per heavy atom. The number of aromatic nitrogens is 1. The molecule has 4 aromatic carbocycles. The van der Waals surface area contributed by atoms with Crippen LogP contribution < -0.4 is 10.2 Å². The zero-order valence-corrected chi connectivity index (χ0v) is 33.3. The van der Waals surface area contributed by atoms with Crippen molar-refractivity contribution in [1.82, 2.24) is 10.3 Å². The summed E-state index contributed by atoms with van der Waals surface area (Å²) in [7, 11) is 0. The topological polar surface area (TPSA) is 102 Å². The fraction of sp³-hybridized carbons (Fsp3) is 0.244. The zero-order valence-electron chi connectivity index (χ0n) is 28.0. The summed E-state index contributed by atoms with van der Waals surface area (Å²) in [5.74, 6) is -0.968. The highest BCUT2D eigenvalue weighted by Gasteiger charge is 2.32. The van der Waals surface area contributed by atoms with E-state index < -0.39 is 11.7 Å². The number of aromatic amines is 1. The van der Waals surface area contributed by atoms with Gasteiger partial charge in [-0.15, -0.1) is 0 Å². The van der Waals surface area contributed by atoms with E-state index >= 15 is 0 Å². The van der Waals surface area contributed by atoms with Gasteiger partial charge in [-0.05, 0) is 121 Å². The van der Waals surface area contributed by atoms with Crippen LogP contribution in [0.4, 0.5) is 5.69 Å². The van der Waals surface area contributed by atoms with Crippen molar-refractivity contribution < 1.29 is 19.5 Å². The van der Waals surface area contributed by atoms with Crippen molar-refractivity contribution in [2.75, 3.05) is 18.0 Å². The van der Waals surface area contributed by atoms with Crippen molar-refractivity contribution in [2.45, 2.75) is 51.4 Å². The maximum absolute atomic E-state index is 13.6. The zero-order chi connectivity index (χ0) is 35.9. The van der Waals surface area contributed by atoms with Crippen LogP contribution in [0.25, 0.3) is 33.8 Å². The Morgan fingerprint density at radius 1 is 0.824 bits per heavy atom. The molecule has 0 bridgehead atoms. The highest BCUT2D eigenvalue weighted by molar-refractivity contribution is 14.1. The van der Waals surface area contributed by atoms with Crippen molar-refractivity contribution in [3.63, 3.8) is 0 Å². The van der Waals surface area contributed by atoms with E-state index in [9.17, 15) is 19.5 Å². The molecular formula is C41H38Br2IN3O4. The SMILES string of the molecule is O=C(NCCCCCCCCCCN1C(=O)/C(=C/c2cc(Br)c(O)c(Br)c2)c2cc(I)ccc21)C(=O)c1c(-c2ccccc2)[nH]c2ccccc12. The second-order valence-electron chi connectivity index (χ2n) is 12.7. The van der Waals surface area contributed by atoms with E-state index in [0.717, 1.165) is 88.2 Å². The molecule has 1 aliphatic heterocycles. The Balaban J connectivity index is 0.913. The molecule has 0 fully saturated rings. The van der Waals surface area contributed by atoms with Gasteiger partial charge in [0.05, 0.1) is 25.9 Å². The molecule has 10 heteroatoms. The summed E-state index contributed by atoms with van der Waals surface area (Å²) in [5.41, 5.74) is 6.12. The van der Waals surface area contributed by atoms with Gasteiger partial charge in [-0.2, -0.15) is 0 Å². The van der Waals surface area contributed by atoms with Crippen LogP contribution in [0, 0.1) is 3.57 Å². The number of Topliss-reactive ketones (excluding diaryl/α,β-unsaturated/α-hetero) is 1. The molecule has 6 rings (SSSR count). The van der Waals surface area contributed by atoms with Crippen LogP contribution in [0.3, 0.4) is 0 Å². The molecule has 0 saturated heterocycles. The first-order chi connectivity index (χ1) is 24.7. The lowest BCUT2D eigenvalue weighted by Gasteiger charge is -2.17. The number of fused-ring (bicyclic) bond motifs is 2. The van der Waals surface area contributed by atoms with Crippen molar-refractivity contribution in [2.24, 2.45) is 0 Å². The number of phenolic OH excluding ortho intramolecular Hbond substituents is 1. The highest BCUT2D eigenvalue weighted by Crippen LogP contribution is 2.41. The number of nitrogens with one attached hydrogen (secondary N) is 2. The van der Waals surface area contributed by atoms with Crippen LogP contribution in [-0.4, -0.2) is 40.8 Å². The van der Waals surface area contributed by atoms with Gasteiger partial charge in [-0.3, -0.25) is 14.4 Å². The summed E-state index contributed by atoms with van der Waals surface area (Å²) in [6, 6.07) is 26.9. The Labute approximate surface area is 328 Å². The molecule has 1 aromatic heterocycles. The molecule has 0 unspecified atom stereocenters. The van der Waals surface area contributed by atoms with Crippen LogP contribution in [-0.2, 0) is 9.59 Å². The molecule has 2 amide bonds. The normalized spacial score (nSPS) is 13.3. The van der Waals surface area contributed by atoms with Gasteiger partial charge in [0, 0.05) is 38.7 Å². The number of amides is 2. The number of H-pyrrole nitrogens is 1. The third-order valence-electron chi connectivity index (χ3n) is 9.16. The first kappa shape index (κ1) is 37.0. The molecular weight excluding hydrogens is 885 g/mol. The minimum Gasteiger partial charge on any atom is -0.506 e. The predicted octanol–water partition coefficient (Wildman–Crippen LogP) is 10.7. The fourth-order valence-electron chi connectivity index (χ4n) is 6.58. The molecule has 0 saturated carbocycles. The van der Waals surface area contributed by atoms with E-state index in [1.54, 1.807) is 0 Å². The van der Waals surface area contributed by atoms with Gasteiger partial charge >= 0.3 is 0 Å². The Bertz CT molecular complexity index is 2090. The van der Waals surface area contributed by atoms with E-state index in [2.05, 4.69) is 70.8 Å². The van der Waals surface area contributed by atoms with E-state index in [0.29, 0.717) is 38.9 Å². The van der Waals surface area contributed by atoms with E-state index in [1.807, 2.05) is 89.8 Å². The third kappa shape index (κ3) is 8.67. The van der Waals surface area contributed by atoms with E-state index in [1.165, 1.54) is 0 Å². The molecule has 262 valence electrons. The number of hydrogen-bond donors (Lipinski definition) is 3. The second kappa shape index (κ2) is 17.2. The summed E-state index contributed by atoms with van der Waals surface area (Å²) in [4.78, 5) is 45.1. The quantitative estimate of drug-likeness (QED) is 0.0320. The molecule has 1 aliphatic rings. The van der Waals surface area contributed by atoms with Gasteiger partial charge in [0.15, 0.2) is 0 Å². The number of benzene rings is 4. The standard InChI is InChI=1S/C41H38Br2IN3O4/c42-32-23-26(24-33(43)38(32)48)22-31-30-25-28(44)18-19-35(30)47(41(31)51)21-13-6-4-2-1-3-5-12-20-45-40(50)39(49)36-29-16-10-11-17-34(29)46-37(36)27-14-8-7-9-15-27/h7-11,14-19,22-25,46,48H,1-6,12-13,20-21H2,(H,45,50)/b31-22+. The van der Waals surface area contributed by atoms with Crippen LogP contribution >= 0.6 is 54.5 Å². The predicted molar refractivity (Wildman–Crippen MR) is 221 cm³/mol. The van der Waals surface area contributed by atoms with Crippen LogP contribution in [0.5, 0.6) is 5.75 Å². The lowest BCUT2D eigenvalue weighted by Crippen LogP contribution is -2.32. The molecule has 0 spiro atoms. The average Bonchev–Trinajstić information content (AvgIpc) is 3.64. The van der Waals surface area contributed by atoms with E-state index in [4.69, 9.17) is 0 Å². The van der Waals surface area contributed by atoms with Crippen molar-refractivity contribution >= 4 is 100 Å². The number of anilines is 1. The Kier molecular flexibility index (Phi) is 12.5. The maximum Gasteiger partial charge on any atom is 0.292 e. The van der Waals surface area contributed by atoms with Crippen LogP contribution in [0.2, 0.25) is 0 Å². The Morgan fingerprint density at radius 2 is 1.47 bits per heavy atom.